The molecule has 0 aliphatic heterocycles. The second-order valence-electron chi connectivity index (χ2n) is 7.09. The molecule has 1 aliphatic carbocycles. The third-order valence-corrected chi connectivity index (χ3v) is 5.59. The van der Waals surface area contributed by atoms with Gasteiger partial charge in [-0.1, -0.05) is 73.5 Å². The van der Waals surface area contributed by atoms with Crippen LogP contribution in [0.3, 0.4) is 0 Å². The first-order chi connectivity index (χ1) is 12.7. The number of benzene rings is 2. The number of ether oxygens (including phenoxy) is 1. The van der Waals surface area contributed by atoms with Gasteiger partial charge in [-0.05, 0) is 42.7 Å². The summed E-state index contributed by atoms with van der Waals surface area (Å²) < 4.78 is 5.93. The van der Waals surface area contributed by atoms with Gasteiger partial charge in [0, 0.05) is 28.2 Å². The summed E-state index contributed by atoms with van der Waals surface area (Å²) in [5, 5.41) is 5.01. The molecule has 0 spiro atoms. The molecule has 0 heterocycles. The number of hydrogen-bond donors (Lipinski definition) is 1. The van der Waals surface area contributed by atoms with Gasteiger partial charge < -0.3 is 10.1 Å². The van der Waals surface area contributed by atoms with E-state index < -0.39 is 0 Å². The highest BCUT2D eigenvalue weighted by molar-refractivity contribution is 6.35. The fourth-order valence-electron chi connectivity index (χ4n) is 3.47. The summed E-state index contributed by atoms with van der Waals surface area (Å²) in [7, 11) is 0. The quantitative estimate of drug-likeness (QED) is 0.525. The van der Waals surface area contributed by atoms with E-state index in [1.165, 1.54) is 50.5 Å². The van der Waals surface area contributed by atoms with Crippen LogP contribution in [0, 0.1) is 0 Å². The Balaban J connectivity index is 0.00000261. The van der Waals surface area contributed by atoms with Gasteiger partial charge in [-0.3, -0.25) is 0 Å². The molecule has 0 amide bonds. The number of nitrogens with one attached hydrogen (secondary N) is 1. The Labute approximate surface area is 179 Å². The zero-order valence-corrected chi connectivity index (χ0v) is 17.9. The van der Waals surface area contributed by atoms with E-state index in [9.17, 15) is 0 Å². The van der Waals surface area contributed by atoms with Gasteiger partial charge in [0.25, 0.3) is 0 Å². The fourth-order valence-corrected chi connectivity index (χ4v) is 3.93. The summed E-state index contributed by atoms with van der Waals surface area (Å²) in [6.07, 6.45) is 9.47. The minimum absolute atomic E-state index is 0. The molecule has 0 aromatic heterocycles. The monoisotopic (exact) mass is 427 g/mol. The summed E-state index contributed by atoms with van der Waals surface area (Å²) in [5.74, 6) is 0.869. The van der Waals surface area contributed by atoms with Gasteiger partial charge in [0.15, 0.2) is 0 Å². The average molecular weight is 429 g/mol. The Morgan fingerprint density at radius 3 is 2.41 bits per heavy atom. The minimum atomic E-state index is 0. The van der Waals surface area contributed by atoms with E-state index in [0.717, 1.165) is 17.9 Å². The zero-order chi connectivity index (χ0) is 18.2. The Morgan fingerprint density at radius 1 is 0.926 bits per heavy atom. The highest BCUT2D eigenvalue weighted by Crippen LogP contribution is 2.23. The Hall–Kier alpha value is -0.930. The Morgan fingerprint density at radius 2 is 1.67 bits per heavy atom. The van der Waals surface area contributed by atoms with Crippen molar-refractivity contribution in [3.8, 4) is 5.75 Å². The molecular weight excluding hydrogens is 401 g/mol. The van der Waals surface area contributed by atoms with Crippen molar-refractivity contribution in [3.63, 3.8) is 0 Å². The van der Waals surface area contributed by atoms with Crippen molar-refractivity contribution in [2.24, 2.45) is 0 Å². The van der Waals surface area contributed by atoms with Crippen LogP contribution in [0.5, 0.6) is 5.75 Å². The smallest absolute Gasteiger partial charge is 0.120 e. The molecule has 1 N–H and O–H groups in total. The molecule has 0 radical (unpaired) electrons. The number of hydrogen-bond acceptors (Lipinski definition) is 2. The van der Waals surface area contributed by atoms with Crippen LogP contribution in [0.1, 0.15) is 56.1 Å². The highest BCUT2D eigenvalue weighted by Gasteiger charge is 2.11. The van der Waals surface area contributed by atoms with E-state index in [2.05, 4.69) is 17.4 Å². The Bertz CT molecular complexity index is 700. The lowest BCUT2D eigenvalue weighted by atomic mass is 9.96. The maximum Gasteiger partial charge on any atom is 0.120 e. The second-order valence-corrected chi connectivity index (χ2v) is 7.94. The van der Waals surface area contributed by atoms with Crippen molar-refractivity contribution in [3.05, 3.63) is 63.6 Å². The third kappa shape index (κ3) is 7.54. The first kappa shape index (κ1) is 22.4. The van der Waals surface area contributed by atoms with Crippen LogP contribution in [-0.2, 0) is 13.2 Å². The Kier molecular flexibility index (Phi) is 9.78. The SMILES string of the molecule is Cl.Clc1ccc(COc2cccc(CNC3CCCCCCC3)c2)c(Cl)c1. The molecule has 5 heteroatoms. The maximum absolute atomic E-state index is 6.21. The molecule has 2 aromatic rings. The van der Waals surface area contributed by atoms with Crippen LogP contribution < -0.4 is 10.1 Å². The topological polar surface area (TPSA) is 21.3 Å². The predicted molar refractivity (Wildman–Crippen MR) is 117 cm³/mol. The van der Waals surface area contributed by atoms with Crippen molar-refractivity contribution in [2.45, 2.75) is 64.1 Å². The van der Waals surface area contributed by atoms with E-state index in [-0.39, 0.29) is 12.4 Å². The van der Waals surface area contributed by atoms with Crippen molar-refractivity contribution in [1.29, 1.82) is 0 Å². The molecule has 1 fully saturated rings. The lowest BCUT2D eigenvalue weighted by Crippen LogP contribution is -2.29. The van der Waals surface area contributed by atoms with E-state index in [0.29, 0.717) is 22.7 Å². The van der Waals surface area contributed by atoms with E-state index in [1.54, 1.807) is 6.07 Å². The van der Waals surface area contributed by atoms with Gasteiger partial charge in [0.2, 0.25) is 0 Å². The van der Waals surface area contributed by atoms with Crippen LogP contribution in [0.4, 0.5) is 0 Å². The van der Waals surface area contributed by atoms with Gasteiger partial charge in [-0.2, -0.15) is 0 Å². The summed E-state index contributed by atoms with van der Waals surface area (Å²) in [4.78, 5) is 0. The summed E-state index contributed by atoms with van der Waals surface area (Å²) in [5.41, 5.74) is 2.20. The van der Waals surface area contributed by atoms with Crippen LogP contribution in [0.15, 0.2) is 42.5 Å². The number of halogens is 3. The molecule has 1 aliphatic rings. The molecular formula is C22H28Cl3NO. The summed E-state index contributed by atoms with van der Waals surface area (Å²) in [6.45, 7) is 1.33. The third-order valence-electron chi connectivity index (χ3n) is 5.01. The fraction of sp³-hybridized carbons (Fsp3) is 0.455. The second kappa shape index (κ2) is 11.8. The van der Waals surface area contributed by atoms with E-state index >= 15 is 0 Å². The highest BCUT2D eigenvalue weighted by atomic mass is 35.5. The van der Waals surface area contributed by atoms with Gasteiger partial charge >= 0.3 is 0 Å². The standard InChI is InChI=1S/C22H27Cl2NO.ClH/c23-19-12-11-18(22(24)14-19)16-26-21-10-6-7-17(13-21)15-25-20-8-4-2-1-3-5-9-20;/h6-7,10-14,20,25H,1-5,8-9,15-16H2;1H. The van der Waals surface area contributed by atoms with Crippen LogP contribution in [-0.4, -0.2) is 6.04 Å². The molecule has 2 nitrogen and oxygen atoms in total. The molecule has 0 bridgehead atoms. The van der Waals surface area contributed by atoms with Gasteiger partial charge in [0.1, 0.15) is 12.4 Å². The largest absolute Gasteiger partial charge is 0.489 e. The summed E-state index contributed by atoms with van der Waals surface area (Å²) in [6, 6.07) is 14.4. The van der Waals surface area contributed by atoms with E-state index in [1.807, 2.05) is 24.3 Å². The molecule has 1 saturated carbocycles. The molecule has 3 rings (SSSR count). The first-order valence-electron chi connectivity index (χ1n) is 9.60. The molecule has 0 saturated heterocycles. The minimum Gasteiger partial charge on any atom is -0.489 e. The van der Waals surface area contributed by atoms with Crippen molar-refractivity contribution < 1.29 is 4.74 Å². The van der Waals surface area contributed by atoms with Gasteiger partial charge in [0.05, 0.1) is 0 Å². The maximum atomic E-state index is 6.21. The predicted octanol–water partition coefficient (Wildman–Crippen LogP) is 7.20. The summed E-state index contributed by atoms with van der Waals surface area (Å²) >= 11 is 12.2. The van der Waals surface area contributed by atoms with Crippen LogP contribution in [0.2, 0.25) is 10.0 Å². The van der Waals surface area contributed by atoms with Gasteiger partial charge in [-0.25, -0.2) is 0 Å². The molecule has 0 unspecified atom stereocenters. The van der Waals surface area contributed by atoms with Crippen molar-refractivity contribution >= 4 is 35.6 Å². The molecule has 0 atom stereocenters. The first-order valence-corrected chi connectivity index (χ1v) is 10.4. The zero-order valence-electron chi connectivity index (χ0n) is 15.6. The lowest BCUT2D eigenvalue weighted by Gasteiger charge is -2.21. The number of rotatable bonds is 6. The van der Waals surface area contributed by atoms with E-state index in [4.69, 9.17) is 27.9 Å². The molecule has 148 valence electrons. The lowest BCUT2D eigenvalue weighted by molar-refractivity contribution is 0.305. The molecule has 2 aromatic carbocycles. The average Bonchev–Trinajstić information content (AvgIpc) is 2.60. The van der Waals surface area contributed by atoms with Crippen molar-refractivity contribution in [1.82, 2.24) is 5.32 Å². The normalized spacial score (nSPS) is 15.5. The van der Waals surface area contributed by atoms with Crippen LogP contribution >= 0.6 is 35.6 Å². The van der Waals surface area contributed by atoms with Crippen LogP contribution in [0.25, 0.3) is 0 Å². The van der Waals surface area contributed by atoms with Crippen molar-refractivity contribution in [2.75, 3.05) is 0 Å². The van der Waals surface area contributed by atoms with Gasteiger partial charge in [-0.15, -0.1) is 12.4 Å². The molecule has 27 heavy (non-hydrogen) atoms.